The van der Waals surface area contributed by atoms with Gasteiger partial charge in [-0.1, -0.05) is 13.3 Å². The molecular weight excluding hydrogens is 172 g/mol. The van der Waals surface area contributed by atoms with Gasteiger partial charge >= 0.3 is 10.4 Å². The molecule has 11 heavy (non-hydrogen) atoms. The number of hydrogen-bond acceptors (Lipinski definition) is 4. The van der Waals surface area contributed by atoms with E-state index < -0.39 is 10.4 Å². The molecule has 0 aromatic carbocycles. The summed E-state index contributed by atoms with van der Waals surface area (Å²) in [5.41, 5.74) is 2.57. The van der Waals surface area contributed by atoms with Gasteiger partial charge in [0.2, 0.25) is 0 Å². The van der Waals surface area contributed by atoms with Gasteiger partial charge in [0, 0.05) is 6.54 Å². The van der Waals surface area contributed by atoms with Crippen molar-refractivity contribution in [2.24, 2.45) is 5.84 Å². The van der Waals surface area contributed by atoms with Gasteiger partial charge < -0.3 is 0 Å². The highest BCUT2D eigenvalue weighted by Crippen LogP contribution is 1.78. The summed E-state index contributed by atoms with van der Waals surface area (Å²) in [6, 6.07) is 0. The molecule has 70 valence electrons. The molecule has 0 unspecified atom stereocenters. The maximum atomic E-state index is 8.74. The van der Waals surface area contributed by atoms with Gasteiger partial charge in [0.15, 0.2) is 0 Å². The smallest absolute Gasteiger partial charge is 0.271 e. The quantitative estimate of drug-likeness (QED) is 0.206. The molecule has 0 saturated heterocycles. The van der Waals surface area contributed by atoms with E-state index in [2.05, 4.69) is 12.3 Å². The molecule has 0 saturated carbocycles. The van der Waals surface area contributed by atoms with Gasteiger partial charge in [-0.05, 0) is 6.42 Å². The molecule has 0 aromatic heterocycles. The molecule has 7 heteroatoms. The normalized spacial score (nSPS) is 10.2. The zero-order valence-electron chi connectivity index (χ0n) is 6.32. The molecule has 0 bridgehead atoms. The second kappa shape index (κ2) is 7.89. The summed E-state index contributed by atoms with van der Waals surface area (Å²) in [6.07, 6.45) is 2.39. The fourth-order valence-corrected chi connectivity index (χ4v) is 0.279. The van der Waals surface area contributed by atoms with E-state index in [4.69, 9.17) is 23.4 Å². The molecular formula is C4H14N2O4S. The Morgan fingerprint density at radius 3 is 1.91 bits per heavy atom. The number of nitrogens with one attached hydrogen (secondary N) is 1. The first kappa shape index (κ1) is 13.4. The number of hydrogen-bond donors (Lipinski definition) is 4. The first-order chi connectivity index (χ1) is 4.91. The van der Waals surface area contributed by atoms with Crippen LogP contribution < -0.4 is 11.3 Å². The molecule has 0 aliphatic rings. The molecule has 0 aliphatic carbocycles. The first-order valence-electron chi connectivity index (χ1n) is 3.05. The Morgan fingerprint density at radius 2 is 1.82 bits per heavy atom. The zero-order chi connectivity index (χ0) is 9.33. The Hall–Kier alpha value is -0.210. The van der Waals surface area contributed by atoms with Crippen molar-refractivity contribution >= 4 is 10.4 Å². The van der Waals surface area contributed by atoms with Crippen LogP contribution in [-0.2, 0) is 10.4 Å². The fourth-order valence-electron chi connectivity index (χ4n) is 0.279. The van der Waals surface area contributed by atoms with E-state index in [1.54, 1.807) is 0 Å². The highest BCUT2D eigenvalue weighted by atomic mass is 32.3. The zero-order valence-corrected chi connectivity index (χ0v) is 7.13. The minimum absolute atomic E-state index is 0.941. The summed E-state index contributed by atoms with van der Waals surface area (Å²) >= 11 is 0. The maximum absolute atomic E-state index is 8.74. The average molecular weight is 186 g/mol. The molecule has 0 fully saturated rings. The standard InChI is InChI=1S/C4H12N2.H2O4S/c1-2-3-4-6-5;1-5(2,3)4/h6H,2-5H2,1H3;(H2,1,2,3,4). The van der Waals surface area contributed by atoms with Gasteiger partial charge in [-0.2, -0.15) is 8.42 Å². The Bertz CT molecular complexity index is 143. The third kappa shape index (κ3) is 76.3. The van der Waals surface area contributed by atoms with E-state index in [-0.39, 0.29) is 0 Å². The van der Waals surface area contributed by atoms with Crippen LogP contribution >= 0.6 is 0 Å². The van der Waals surface area contributed by atoms with E-state index in [1.165, 1.54) is 12.8 Å². The lowest BCUT2D eigenvalue weighted by Crippen LogP contribution is -2.22. The van der Waals surface area contributed by atoms with Gasteiger partial charge in [0.25, 0.3) is 0 Å². The molecule has 0 aliphatic heterocycles. The van der Waals surface area contributed by atoms with Gasteiger partial charge in [-0.3, -0.25) is 20.4 Å². The first-order valence-corrected chi connectivity index (χ1v) is 4.44. The number of hydrazine groups is 1. The summed E-state index contributed by atoms with van der Waals surface area (Å²) in [6.45, 7) is 3.08. The van der Waals surface area contributed by atoms with E-state index in [0.29, 0.717) is 0 Å². The second-order valence-electron chi connectivity index (χ2n) is 1.76. The molecule has 6 nitrogen and oxygen atoms in total. The highest BCUT2D eigenvalue weighted by Gasteiger charge is 1.84. The molecule has 0 amide bonds. The van der Waals surface area contributed by atoms with Crippen LogP contribution in [0.15, 0.2) is 0 Å². The number of nitrogens with two attached hydrogens (primary N) is 1. The van der Waals surface area contributed by atoms with E-state index in [0.717, 1.165) is 6.54 Å². The summed E-state index contributed by atoms with van der Waals surface area (Å²) in [4.78, 5) is 0. The van der Waals surface area contributed by atoms with Crippen LogP contribution in [0.5, 0.6) is 0 Å². The lowest BCUT2D eigenvalue weighted by molar-refractivity contribution is 0.381. The van der Waals surface area contributed by atoms with Crippen LogP contribution in [0.25, 0.3) is 0 Å². The third-order valence-corrected chi connectivity index (χ3v) is 0.675. The van der Waals surface area contributed by atoms with E-state index >= 15 is 0 Å². The molecule has 0 radical (unpaired) electrons. The predicted molar refractivity (Wildman–Crippen MR) is 41.3 cm³/mol. The summed E-state index contributed by atoms with van der Waals surface area (Å²) in [5.74, 6) is 4.96. The summed E-state index contributed by atoms with van der Waals surface area (Å²) < 4.78 is 31.6. The highest BCUT2D eigenvalue weighted by molar-refractivity contribution is 7.79. The Kier molecular flexibility index (Phi) is 9.60. The van der Waals surface area contributed by atoms with Crippen molar-refractivity contribution in [3.8, 4) is 0 Å². The Balaban J connectivity index is 0. The number of rotatable bonds is 3. The Morgan fingerprint density at radius 1 is 1.45 bits per heavy atom. The van der Waals surface area contributed by atoms with Crippen molar-refractivity contribution in [2.45, 2.75) is 19.8 Å². The van der Waals surface area contributed by atoms with Gasteiger partial charge in [-0.15, -0.1) is 0 Å². The number of unbranched alkanes of at least 4 members (excludes halogenated alkanes) is 1. The lowest BCUT2D eigenvalue weighted by Gasteiger charge is -1.89. The van der Waals surface area contributed by atoms with E-state index in [1.807, 2.05) is 0 Å². The van der Waals surface area contributed by atoms with Gasteiger partial charge in [0.1, 0.15) is 0 Å². The van der Waals surface area contributed by atoms with Crippen LogP contribution in [0.3, 0.4) is 0 Å². The largest absolute Gasteiger partial charge is 0.394 e. The monoisotopic (exact) mass is 186 g/mol. The van der Waals surface area contributed by atoms with Crippen molar-refractivity contribution in [3.63, 3.8) is 0 Å². The van der Waals surface area contributed by atoms with Crippen LogP contribution in [0.2, 0.25) is 0 Å². The van der Waals surface area contributed by atoms with E-state index in [9.17, 15) is 0 Å². The van der Waals surface area contributed by atoms with Crippen LogP contribution in [0.1, 0.15) is 19.8 Å². The SMILES string of the molecule is CCCCNN.O=S(=O)(O)O. The van der Waals surface area contributed by atoms with Gasteiger partial charge in [0.05, 0.1) is 0 Å². The van der Waals surface area contributed by atoms with Crippen molar-refractivity contribution in [1.29, 1.82) is 0 Å². The minimum Gasteiger partial charge on any atom is -0.271 e. The molecule has 0 rings (SSSR count). The Labute approximate surface area is 66.3 Å². The summed E-state index contributed by atoms with van der Waals surface area (Å²) in [7, 11) is -4.67. The molecule has 5 N–H and O–H groups in total. The van der Waals surface area contributed by atoms with Crippen molar-refractivity contribution in [2.75, 3.05) is 6.54 Å². The van der Waals surface area contributed by atoms with Crippen molar-refractivity contribution in [3.05, 3.63) is 0 Å². The fraction of sp³-hybridized carbons (Fsp3) is 1.00. The van der Waals surface area contributed by atoms with Crippen molar-refractivity contribution in [1.82, 2.24) is 5.43 Å². The molecule has 0 spiro atoms. The van der Waals surface area contributed by atoms with Crippen LogP contribution in [0.4, 0.5) is 0 Å². The predicted octanol–water partition coefficient (Wildman–Crippen LogP) is -0.403. The van der Waals surface area contributed by atoms with Crippen molar-refractivity contribution < 1.29 is 17.5 Å². The second-order valence-corrected chi connectivity index (χ2v) is 2.65. The summed E-state index contributed by atoms with van der Waals surface area (Å²) in [5, 5.41) is 0. The molecule has 0 atom stereocenters. The topological polar surface area (TPSA) is 113 Å². The average Bonchev–Trinajstić information content (AvgIpc) is 1.79. The molecule has 0 aromatic rings. The lowest BCUT2D eigenvalue weighted by atomic mass is 10.3. The van der Waals surface area contributed by atoms with Crippen LogP contribution in [-0.4, -0.2) is 24.1 Å². The van der Waals surface area contributed by atoms with Crippen LogP contribution in [0, 0.1) is 0 Å². The minimum atomic E-state index is -4.67. The van der Waals surface area contributed by atoms with Gasteiger partial charge in [-0.25, -0.2) is 0 Å². The third-order valence-electron chi connectivity index (χ3n) is 0.675. The maximum Gasteiger partial charge on any atom is 0.394 e. The molecule has 0 heterocycles.